The Balaban J connectivity index is 1.47. The molecule has 0 radical (unpaired) electrons. The second-order valence-electron chi connectivity index (χ2n) is 11.9. The summed E-state index contributed by atoms with van der Waals surface area (Å²) < 4.78 is 39.5. The molecule has 5 aromatic rings. The summed E-state index contributed by atoms with van der Waals surface area (Å²) in [5.74, 6) is -1.51. The molecule has 0 atom stereocenters. The lowest BCUT2D eigenvalue weighted by Crippen LogP contribution is -2.53. The Morgan fingerprint density at radius 3 is 1.81 bits per heavy atom. The number of carbonyl (C=O) groups excluding carboxylic acids is 3. The largest absolute Gasteiger partial charge is 0.416 e. The molecule has 1 heterocycles. The Hall–Kier alpha value is -5.54. The van der Waals surface area contributed by atoms with Crippen LogP contribution in [-0.2, 0) is 6.18 Å². The molecule has 6 rings (SSSR count). The second-order valence-corrected chi connectivity index (χ2v) is 11.9. The Morgan fingerprint density at radius 2 is 1.21 bits per heavy atom. The van der Waals surface area contributed by atoms with Crippen molar-refractivity contribution < 1.29 is 27.6 Å². The van der Waals surface area contributed by atoms with Crippen LogP contribution in [0, 0.1) is 6.92 Å². The van der Waals surface area contributed by atoms with E-state index in [0.29, 0.717) is 59.6 Å². The van der Waals surface area contributed by atoms with Crippen molar-refractivity contribution in [3.05, 3.63) is 143 Å². The molecule has 1 fully saturated rings. The third-order valence-electron chi connectivity index (χ3n) is 8.97. The molecule has 1 aliphatic rings. The van der Waals surface area contributed by atoms with E-state index in [1.807, 2.05) is 42.5 Å². The summed E-state index contributed by atoms with van der Waals surface area (Å²) in [7, 11) is 0. The zero-order chi connectivity index (χ0) is 34.1. The minimum Gasteiger partial charge on any atom is -0.365 e. The number of primary amides is 1. The average Bonchev–Trinajstić information content (AvgIpc) is 3.59. The molecule has 0 aliphatic carbocycles. The molecule has 5 aromatic carbocycles. The number of rotatable bonds is 7. The van der Waals surface area contributed by atoms with Gasteiger partial charge in [-0.1, -0.05) is 84.9 Å². The SMILES string of the molecule is Cc1ccc(C(N)=O)c([N+]2(C(=O)c3ccccc3-c3ccccc3)CCCC2)c1NC(=O)c1ccccc1-c1ccc(C(F)(F)F)cc1. The van der Waals surface area contributed by atoms with Gasteiger partial charge < -0.3 is 11.1 Å². The number of carbonyl (C=O) groups is 3. The van der Waals surface area contributed by atoms with E-state index in [2.05, 4.69) is 5.32 Å². The number of benzene rings is 5. The first-order valence-corrected chi connectivity index (χ1v) is 15.6. The normalized spacial score (nSPS) is 14.0. The summed E-state index contributed by atoms with van der Waals surface area (Å²) in [4.78, 5) is 42.1. The Kier molecular flexibility index (Phi) is 8.73. The Morgan fingerprint density at radius 1 is 0.667 bits per heavy atom. The van der Waals surface area contributed by atoms with E-state index in [0.717, 1.165) is 23.3 Å². The molecule has 1 saturated heterocycles. The summed E-state index contributed by atoms with van der Waals surface area (Å²) in [5.41, 5.74) is 9.67. The number of halogens is 3. The highest BCUT2D eigenvalue weighted by atomic mass is 19.4. The van der Waals surface area contributed by atoms with Gasteiger partial charge in [-0.2, -0.15) is 13.2 Å². The van der Waals surface area contributed by atoms with Gasteiger partial charge in [0.2, 0.25) is 0 Å². The predicted molar refractivity (Wildman–Crippen MR) is 182 cm³/mol. The van der Waals surface area contributed by atoms with Crippen LogP contribution in [0.3, 0.4) is 0 Å². The molecule has 0 saturated carbocycles. The van der Waals surface area contributed by atoms with Crippen molar-refractivity contribution in [2.45, 2.75) is 25.9 Å². The van der Waals surface area contributed by atoms with E-state index in [1.165, 1.54) is 12.1 Å². The summed E-state index contributed by atoms with van der Waals surface area (Å²) in [5, 5.41) is 3.00. The van der Waals surface area contributed by atoms with Gasteiger partial charge in [0.1, 0.15) is 11.3 Å². The molecular formula is C39H33F3N3O3+. The van der Waals surface area contributed by atoms with Crippen LogP contribution in [0.4, 0.5) is 24.5 Å². The van der Waals surface area contributed by atoms with E-state index in [9.17, 15) is 27.6 Å². The van der Waals surface area contributed by atoms with Crippen molar-refractivity contribution in [3.8, 4) is 22.3 Å². The highest BCUT2D eigenvalue weighted by Crippen LogP contribution is 2.44. The summed E-state index contributed by atoms with van der Waals surface area (Å²) in [6.07, 6.45) is -3.09. The lowest BCUT2D eigenvalue weighted by molar-refractivity contribution is -0.137. The number of amides is 3. The van der Waals surface area contributed by atoms with Crippen LogP contribution in [-0.4, -0.2) is 30.8 Å². The molecule has 9 heteroatoms. The van der Waals surface area contributed by atoms with Gasteiger partial charge in [-0.15, -0.1) is 0 Å². The van der Waals surface area contributed by atoms with Crippen LogP contribution >= 0.6 is 0 Å². The average molecular weight is 649 g/mol. The number of hydrogen-bond donors (Lipinski definition) is 2. The number of nitrogens with one attached hydrogen (secondary N) is 1. The number of aryl methyl sites for hydroxylation is 1. The number of anilines is 1. The van der Waals surface area contributed by atoms with E-state index in [1.54, 1.807) is 55.5 Å². The molecule has 242 valence electrons. The monoisotopic (exact) mass is 648 g/mol. The molecule has 1 aliphatic heterocycles. The molecular weight excluding hydrogens is 615 g/mol. The van der Waals surface area contributed by atoms with Crippen molar-refractivity contribution in [2.24, 2.45) is 5.73 Å². The van der Waals surface area contributed by atoms with Gasteiger partial charge in [-0.05, 0) is 65.1 Å². The molecule has 3 N–H and O–H groups in total. The number of quaternary nitrogens is 1. The maximum Gasteiger partial charge on any atom is 0.416 e. The maximum absolute atomic E-state index is 14.9. The second kappa shape index (κ2) is 12.9. The lowest BCUT2D eigenvalue weighted by atomic mass is 9.96. The zero-order valence-corrected chi connectivity index (χ0v) is 26.2. The van der Waals surface area contributed by atoms with Crippen LogP contribution in [0.25, 0.3) is 22.3 Å². The van der Waals surface area contributed by atoms with E-state index in [4.69, 9.17) is 5.73 Å². The summed E-state index contributed by atoms with van der Waals surface area (Å²) in [6, 6.07) is 31.4. The molecule has 0 aromatic heterocycles. The first kappa shape index (κ1) is 32.4. The zero-order valence-electron chi connectivity index (χ0n) is 26.2. The van der Waals surface area contributed by atoms with Crippen LogP contribution < -0.4 is 15.5 Å². The fourth-order valence-corrected chi connectivity index (χ4v) is 6.62. The maximum atomic E-state index is 14.9. The van der Waals surface area contributed by atoms with E-state index >= 15 is 0 Å². The number of likely N-dealkylation sites (tertiary alicyclic amines) is 1. The van der Waals surface area contributed by atoms with Crippen LogP contribution in [0.1, 0.15) is 55.0 Å². The van der Waals surface area contributed by atoms with Crippen molar-refractivity contribution >= 4 is 29.1 Å². The summed E-state index contributed by atoms with van der Waals surface area (Å²) in [6.45, 7) is 2.55. The minimum atomic E-state index is -4.50. The quantitative estimate of drug-likeness (QED) is 0.173. The minimum absolute atomic E-state index is 0.124. The third-order valence-corrected chi connectivity index (χ3v) is 8.97. The van der Waals surface area contributed by atoms with Gasteiger partial charge in [0.05, 0.1) is 24.2 Å². The van der Waals surface area contributed by atoms with Crippen LogP contribution in [0.2, 0.25) is 0 Å². The van der Waals surface area contributed by atoms with E-state index in [-0.39, 0.29) is 21.5 Å². The lowest BCUT2D eigenvalue weighted by Gasteiger charge is -2.34. The fraction of sp³-hybridized carbons (Fsp3) is 0.154. The fourth-order valence-electron chi connectivity index (χ4n) is 6.62. The van der Waals surface area contributed by atoms with Gasteiger partial charge in [0.25, 0.3) is 11.8 Å². The first-order valence-electron chi connectivity index (χ1n) is 15.6. The highest BCUT2D eigenvalue weighted by Gasteiger charge is 2.48. The van der Waals surface area contributed by atoms with Crippen molar-refractivity contribution in [2.75, 3.05) is 18.4 Å². The first-order chi connectivity index (χ1) is 23.0. The number of hydrogen-bond acceptors (Lipinski definition) is 3. The van der Waals surface area contributed by atoms with Crippen LogP contribution in [0.5, 0.6) is 0 Å². The van der Waals surface area contributed by atoms with Crippen LogP contribution in [0.15, 0.2) is 115 Å². The highest BCUT2D eigenvalue weighted by molar-refractivity contribution is 6.16. The standard InChI is InChI=1S/C39H32F3N3O3/c1-25-17-22-33(36(43)46)35(45(23-9-10-24-45)38(48)32-16-8-6-14-30(32)26-11-3-2-4-12-26)34(25)44-37(47)31-15-7-5-13-29(31)27-18-20-28(21-19-27)39(40,41)42/h2-8,11-22H,9-10,23-24H2,1H3,(H2-,43,44,46,47)/p+1. The third kappa shape index (κ3) is 6.00. The predicted octanol–water partition coefficient (Wildman–Crippen LogP) is 8.64. The van der Waals surface area contributed by atoms with Gasteiger partial charge >= 0.3 is 12.1 Å². The molecule has 48 heavy (non-hydrogen) atoms. The van der Waals surface area contributed by atoms with Crippen molar-refractivity contribution in [3.63, 3.8) is 0 Å². The van der Waals surface area contributed by atoms with Gasteiger partial charge in [0.15, 0.2) is 5.69 Å². The van der Waals surface area contributed by atoms with Gasteiger partial charge in [-0.3, -0.25) is 9.59 Å². The van der Waals surface area contributed by atoms with Gasteiger partial charge in [-0.25, -0.2) is 9.28 Å². The smallest absolute Gasteiger partial charge is 0.365 e. The number of alkyl halides is 3. The summed E-state index contributed by atoms with van der Waals surface area (Å²) >= 11 is 0. The molecule has 0 unspecified atom stereocenters. The van der Waals surface area contributed by atoms with Crippen molar-refractivity contribution in [1.82, 2.24) is 4.48 Å². The molecule has 0 bridgehead atoms. The van der Waals surface area contributed by atoms with Gasteiger partial charge in [0, 0.05) is 18.4 Å². The Labute approximate surface area is 276 Å². The molecule has 3 amide bonds. The molecule has 0 spiro atoms. The number of nitrogens with zero attached hydrogens (tertiary/aromatic N) is 1. The topological polar surface area (TPSA) is 89.3 Å². The van der Waals surface area contributed by atoms with Crippen molar-refractivity contribution in [1.29, 1.82) is 0 Å². The Bertz CT molecular complexity index is 2020. The number of nitrogens with two attached hydrogens (primary N) is 1. The van der Waals surface area contributed by atoms with E-state index < -0.39 is 23.6 Å². The molecule has 6 nitrogen and oxygen atoms in total.